The fraction of sp³-hybridized carbons (Fsp3) is 0.800. The molecule has 0 aliphatic carbocycles. The standard InChI is InChI=1S/C10H23N5/c1-9(2,3)14-7(11)13-8(12)15-10(4,5)6/h1-6H3,(H5,11,12,13,14,15). The first-order chi connectivity index (χ1) is 6.49. The lowest BCUT2D eigenvalue weighted by molar-refractivity contribution is 0.576. The number of aliphatic imine (C=N–C) groups is 2. The fourth-order valence-electron chi connectivity index (χ4n) is 0.910. The molecule has 88 valence electrons. The second-order valence-electron chi connectivity index (χ2n) is 5.46. The van der Waals surface area contributed by atoms with Crippen LogP contribution in [0.3, 0.4) is 0 Å². The van der Waals surface area contributed by atoms with E-state index in [2.05, 4.69) is 15.3 Å². The molecule has 0 fully saturated rings. The van der Waals surface area contributed by atoms with Gasteiger partial charge in [-0.25, -0.2) is 9.98 Å². The van der Waals surface area contributed by atoms with E-state index in [1.807, 2.05) is 41.5 Å². The molecule has 0 aliphatic rings. The van der Waals surface area contributed by atoms with Crippen LogP contribution in [0.2, 0.25) is 0 Å². The topological polar surface area (TPSA) is 88.8 Å². The molecular weight excluding hydrogens is 190 g/mol. The van der Waals surface area contributed by atoms with Gasteiger partial charge in [-0.1, -0.05) is 0 Å². The monoisotopic (exact) mass is 213 g/mol. The van der Waals surface area contributed by atoms with E-state index >= 15 is 0 Å². The third-order valence-corrected chi connectivity index (χ3v) is 1.17. The van der Waals surface area contributed by atoms with Crippen LogP contribution in [0, 0.1) is 0 Å². The average molecular weight is 213 g/mol. The van der Waals surface area contributed by atoms with E-state index in [4.69, 9.17) is 11.5 Å². The van der Waals surface area contributed by atoms with Gasteiger partial charge in [0.2, 0.25) is 0 Å². The van der Waals surface area contributed by atoms with Gasteiger partial charge in [0, 0.05) is 0 Å². The van der Waals surface area contributed by atoms with E-state index in [1.165, 1.54) is 0 Å². The molecule has 0 amide bonds. The van der Waals surface area contributed by atoms with Crippen LogP contribution in [-0.2, 0) is 0 Å². The van der Waals surface area contributed by atoms with Gasteiger partial charge < -0.3 is 11.5 Å². The highest BCUT2D eigenvalue weighted by Crippen LogP contribution is 2.06. The van der Waals surface area contributed by atoms with Crippen molar-refractivity contribution in [2.75, 3.05) is 0 Å². The Bertz CT molecular complexity index is 237. The lowest BCUT2D eigenvalue weighted by Crippen LogP contribution is -2.44. The Morgan fingerprint density at radius 2 is 1.07 bits per heavy atom. The smallest absolute Gasteiger partial charge is 0.195 e. The third kappa shape index (κ3) is 9.05. The van der Waals surface area contributed by atoms with Crippen molar-refractivity contribution in [1.29, 1.82) is 0 Å². The van der Waals surface area contributed by atoms with E-state index in [-0.39, 0.29) is 23.0 Å². The fourth-order valence-corrected chi connectivity index (χ4v) is 0.910. The zero-order valence-corrected chi connectivity index (χ0v) is 10.5. The molecule has 0 heterocycles. The van der Waals surface area contributed by atoms with Crippen LogP contribution in [-0.4, -0.2) is 23.0 Å². The van der Waals surface area contributed by atoms with Crippen molar-refractivity contribution in [2.45, 2.75) is 52.6 Å². The van der Waals surface area contributed by atoms with Crippen molar-refractivity contribution in [3.63, 3.8) is 0 Å². The summed E-state index contributed by atoms with van der Waals surface area (Å²) in [6.45, 7) is 11.7. The first-order valence-electron chi connectivity index (χ1n) is 4.97. The van der Waals surface area contributed by atoms with Gasteiger partial charge in [0.25, 0.3) is 0 Å². The Morgan fingerprint density at radius 1 is 0.800 bits per heavy atom. The summed E-state index contributed by atoms with van der Waals surface area (Å²) in [5.41, 5.74) is 10.9. The van der Waals surface area contributed by atoms with Gasteiger partial charge in [0.15, 0.2) is 11.9 Å². The van der Waals surface area contributed by atoms with Crippen LogP contribution in [0.5, 0.6) is 0 Å². The number of rotatable bonds is 0. The van der Waals surface area contributed by atoms with Crippen molar-refractivity contribution in [3.05, 3.63) is 0 Å². The summed E-state index contributed by atoms with van der Waals surface area (Å²) in [7, 11) is 0. The first-order valence-corrected chi connectivity index (χ1v) is 4.97. The lowest BCUT2D eigenvalue weighted by Gasteiger charge is -2.16. The SMILES string of the molecule is CC(C)(C)N=C(N)NC(N)=NC(C)(C)C. The van der Waals surface area contributed by atoms with Crippen LogP contribution in [0.25, 0.3) is 0 Å². The molecule has 0 saturated carbocycles. The summed E-state index contributed by atoms with van der Waals surface area (Å²) in [6, 6.07) is 0. The maximum Gasteiger partial charge on any atom is 0.195 e. The van der Waals surface area contributed by atoms with E-state index in [0.717, 1.165) is 0 Å². The molecule has 0 radical (unpaired) electrons. The molecule has 15 heavy (non-hydrogen) atoms. The minimum absolute atomic E-state index is 0.223. The highest BCUT2D eigenvalue weighted by atomic mass is 15.2. The molecule has 0 aromatic heterocycles. The minimum Gasteiger partial charge on any atom is -0.370 e. The zero-order chi connectivity index (χ0) is 12.3. The van der Waals surface area contributed by atoms with Crippen molar-refractivity contribution >= 4 is 11.9 Å². The molecule has 5 heteroatoms. The predicted molar refractivity (Wildman–Crippen MR) is 65.9 cm³/mol. The molecule has 0 saturated heterocycles. The number of nitrogens with one attached hydrogen (secondary N) is 1. The van der Waals surface area contributed by atoms with Crippen LogP contribution < -0.4 is 16.8 Å². The van der Waals surface area contributed by atoms with Gasteiger partial charge in [-0.3, -0.25) is 5.32 Å². The predicted octanol–water partition coefficient (Wildman–Crippen LogP) is 0.802. The molecule has 0 spiro atoms. The molecular formula is C10H23N5. The quantitative estimate of drug-likeness (QED) is 0.411. The second kappa shape index (κ2) is 4.51. The number of nitrogens with two attached hydrogens (primary N) is 2. The van der Waals surface area contributed by atoms with Crippen LogP contribution in [0.4, 0.5) is 0 Å². The summed E-state index contributed by atoms with van der Waals surface area (Å²) < 4.78 is 0. The third-order valence-electron chi connectivity index (χ3n) is 1.17. The summed E-state index contributed by atoms with van der Waals surface area (Å²) in [6.07, 6.45) is 0. The molecule has 0 aromatic rings. The molecule has 0 atom stereocenters. The highest BCUT2D eigenvalue weighted by Gasteiger charge is 2.10. The summed E-state index contributed by atoms with van der Waals surface area (Å²) in [5.74, 6) is 0.570. The Kier molecular flexibility index (Phi) is 4.13. The molecule has 5 nitrogen and oxygen atoms in total. The van der Waals surface area contributed by atoms with E-state index < -0.39 is 0 Å². The van der Waals surface area contributed by atoms with E-state index in [1.54, 1.807) is 0 Å². The first kappa shape index (κ1) is 13.7. The Hall–Kier alpha value is -1.26. The highest BCUT2D eigenvalue weighted by molar-refractivity contribution is 5.97. The normalized spacial score (nSPS) is 15.3. The van der Waals surface area contributed by atoms with E-state index in [0.29, 0.717) is 0 Å². The number of nitrogens with zero attached hydrogens (tertiary/aromatic N) is 2. The zero-order valence-electron chi connectivity index (χ0n) is 10.5. The van der Waals surface area contributed by atoms with Gasteiger partial charge >= 0.3 is 0 Å². The Labute approximate surface area is 92.0 Å². The lowest BCUT2D eigenvalue weighted by atomic mass is 10.1. The van der Waals surface area contributed by atoms with E-state index in [9.17, 15) is 0 Å². The van der Waals surface area contributed by atoms with Gasteiger partial charge in [0.05, 0.1) is 11.1 Å². The van der Waals surface area contributed by atoms with Gasteiger partial charge in [-0.2, -0.15) is 0 Å². The van der Waals surface area contributed by atoms with Gasteiger partial charge in [-0.15, -0.1) is 0 Å². The molecule has 0 unspecified atom stereocenters. The maximum atomic E-state index is 5.66. The minimum atomic E-state index is -0.223. The molecule has 0 aliphatic heterocycles. The van der Waals surface area contributed by atoms with Crippen molar-refractivity contribution in [3.8, 4) is 0 Å². The Balaban J connectivity index is 4.50. The number of guanidine groups is 2. The largest absolute Gasteiger partial charge is 0.370 e. The van der Waals surface area contributed by atoms with Crippen molar-refractivity contribution < 1.29 is 0 Å². The number of hydrogen-bond donors (Lipinski definition) is 3. The van der Waals surface area contributed by atoms with Crippen molar-refractivity contribution in [2.24, 2.45) is 21.5 Å². The average Bonchev–Trinajstić information content (AvgIpc) is 1.73. The number of hydrogen-bond acceptors (Lipinski definition) is 2. The van der Waals surface area contributed by atoms with Crippen LogP contribution >= 0.6 is 0 Å². The van der Waals surface area contributed by atoms with Crippen molar-refractivity contribution in [1.82, 2.24) is 5.32 Å². The Morgan fingerprint density at radius 3 is 1.27 bits per heavy atom. The molecule has 5 N–H and O–H groups in total. The summed E-state index contributed by atoms with van der Waals surface area (Å²) in [5, 5.41) is 2.75. The van der Waals surface area contributed by atoms with Crippen LogP contribution in [0.1, 0.15) is 41.5 Å². The summed E-state index contributed by atoms with van der Waals surface area (Å²) in [4.78, 5) is 8.40. The second-order valence-corrected chi connectivity index (χ2v) is 5.46. The van der Waals surface area contributed by atoms with Gasteiger partial charge in [-0.05, 0) is 41.5 Å². The molecule has 0 bridgehead atoms. The maximum absolute atomic E-state index is 5.66. The summed E-state index contributed by atoms with van der Waals surface area (Å²) >= 11 is 0. The van der Waals surface area contributed by atoms with Gasteiger partial charge in [0.1, 0.15) is 0 Å². The molecule has 0 rings (SSSR count). The van der Waals surface area contributed by atoms with Crippen LogP contribution in [0.15, 0.2) is 9.98 Å². The molecule has 0 aromatic carbocycles.